The first-order chi connectivity index (χ1) is 8.11. The third-order valence-electron chi connectivity index (χ3n) is 3.00. The Morgan fingerprint density at radius 3 is 2.39 bits per heavy atom. The molecule has 18 heavy (non-hydrogen) atoms. The number of rotatable bonds is 4. The Bertz CT molecular complexity index is 238. The molecule has 0 aromatic rings. The van der Waals surface area contributed by atoms with Gasteiger partial charge in [0.1, 0.15) is 0 Å². The van der Waals surface area contributed by atoms with Gasteiger partial charge >= 0.3 is 0 Å². The van der Waals surface area contributed by atoms with E-state index in [2.05, 4.69) is 36.4 Å². The van der Waals surface area contributed by atoms with Gasteiger partial charge in [0, 0.05) is 19.1 Å². The summed E-state index contributed by atoms with van der Waals surface area (Å²) in [7, 11) is 0. The number of aliphatic hydroxyl groups excluding tert-OH is 1. The van der Waals surface area contributed by atoms with Crippen molar-refractivity contribution in [3.63, 3.8) is 0 Å². The van der Waals surface area contributed by atoms with Crippen LogP contribution >= 0.6 is 24.0 Å². The van der Waals surface area contributed by atoms with Crippen LogP contribution in [0.2, 0.25) is 0 Å². The number of hydrogen-bond donors (Lipinski definition) is 3. The summed E-state index contributed by atoms with van der Waals surface area (Å²) >= 11 is 0. The van der Waals surface area contributed by atoms with Crippen molar-refractivity contribution in [2.45, 2.75) is 58.6 Å². The molecule has 1 saturated carbocycles. The second-order valence-corrected chi connectivity index (χ2v) is 5.26. The van der Waals surface area contributed by atoms with Gasteiger partial charge in [0.25, 0.3) is 0 Å². The van der Waals surface area contributed by atoms with Crippen molar-refractivity contribution in [1.82, 2.24) is 10.6 Å². The number of nitrogens with one attached hydrogen (secondary N) is 2. The molecule has 0 aliphatic heterocycles. The maximum Gasteiger partial charge on any atom is 0.191 e. The highest BCUT2D eigenvalue weighted by Gasteiger charge is 2.19. The number of nitrogens with zero attached hydrogens (tertiary/aromatic N) is 1. The molecule has 4 nitrogen and oxygen atoms in total. The van der Waals surface area contributed by atoms with E-state index < -0.39 is 0 Å². The smallest absolute Gasteiger partial charge is 0.191 e. The number of aliphatic hydroxyl groups is 1. The van der Waals surface area contributed by atoms with E-state index in [9.17, 15) is 5.11 Å². The largest absolute Gasteiger partial charge is 0.393 e. The monoisotopic (exact) mass is 369 g/mol. The molecular weight excluding hydrogens is 341 g/mol. The molecule has 5 heteroatoms. The summed E-state index contributed by atoms with van der Waals surface area (Å²) in [5, 5.41) is 16.2. The molecule has 1 fully saturated rings. The van der Waals surface area contributed by atoms with Crippen LogP contribution in [0.4, 0.5) is 0 Å². The fraction of sp³-hybridized carbons (Fsp3) is 0.923. The number of hydrogen-bond acceptors (Lipinski definition) is 2. The van der Waals surface area contributed by atoms with Crippen molar-refractivity contribution in [3.05, 3.63) is 0 Å². The van der Waals surface area contributed by atoms with Crippen molar-refractivity contribution in [3.8, 4) is 0 Å². The van der Waals surface area contributed by atoms with Gasteiger partial charge in [-0.1, -0.05) is 13.8 Å². The van der Waals surface area contributed by atoms with Gasteiger partial charge in [-0.3, -0.25) is 4.99 Å². The van der Waals surface area contributed by atoms with Gasteiger partial charge in [-0.05, 0) is 38.5 Å². The molecule has 3 N–H and O–H groups in total. The lowest BCUT2D eigenvalue weighted by Crippen LogP contribution is -2.45. The second kappa shape index (κ2) is 9.83. The van der Waals surface area contributed by atoms with E-state index in [0.29, 0.717) is 12.0 Å². The predicted molar refractivity (Wildman–Crippen MR) is 87.6 cm³/mol. The highest BCUT2D eigenvalue weighted by molar-refractivity contribution is 14.0. The van der Waals surface area contributed by atoms with Crippen molar-refractivity contribution in [2.24, 2.45) is 10.9 Å². The molecule has 0 bridgehead atoms. The topological polar surface area (TPSA) is 56.7 Å². The molecule has 0 heterocycles. The van der Waals surface area contributed by atoms with Gasteiger partial charge in [0.15, 0.2) is 5.96 Å². The van der Waals surface area contributed by atoms with Gasteiger partial charge in [0.2, 0.25) is 0 Å². The van der Waals surface area contributed by atoms with Crippen LogP contribution in [0.15, 0.2) is 4.99 Å². The van der Waals surface area contributed by atoms with Crippen LogP contribution in [0.25, 0.3) is 0 Å². The minimum absolute atomic E-state index is 0. The lowest BCUT2D eigenvalue weighted by atomic mass is 9.93. The Morgan fingerprint density at radius 1 is 1.28 bits per heavy atom. The first-order valence-electron chi connectivity index (χ1n) is 6.84. The van der Waals surface area contributed by atoms with Crippen molar-refractivity contribution < 1.29 is 5.11 Å². The van der Waals surface area contributed by atoms with Crippen molar-refractivity contribution >= 4 is 29.9 Å². The van der Waals surface area contributed by atoms with E-state index in [1.807, 2.05) is 0 Å². The first kappa shape index (κ1) is 18.0. The zero-order valence-electron chi connectivity index (χ0n) is 11.8. The third kappa shape index (κ3) is 7.41. The van der Waals surface area contributed by atoms with Crippen LogP contribution in [0.1, 0.15) is 46.5 Å². The van der Waals surface area contributed by atoms with E-state index in [-0.39, 0.29) is 30.1 Å². The lowest BCUT2D eigenvalue weighted by molar-refractivity contribution is 0.120. The molecular formula is C13H28IN3O. The van der Waals surface area contributed by atoms with Crippen molar-refractivity contribution in [2.75, 3.05) is 13.1 Å². The fourth-order valence-corrected chi connectivity index (χ4v) is 2.01. The Balaban J connectivity index is 0.00000289. The van der Waals surface area contributed by atoms with E-state index in [1.165, 1.54) is 0 Å². The Hall–Kier alpha value is -0.0400. The fourth-order valence-electron chi connectivity index (χ4n) is 2.01. The Labute approximate surface area is 128 Å². The SMILES string of the molecule is CCNC(=NCC(C)C)NC1CCC(O)CC1.I. The van der Waals surface area contributed by atoms with Crippen LogP contribution in [0.3, 0.4) is 0 Å². The summed E-state index contributed by atoms with van der Waals surface area (Å²) in [6.07, 6.45) is 3.78. The summed E-state index contributed by atoms with van der Waals surface area (Å²) in [5.41, 5.74) is 0. The van der Waals surface area contributed by atoms with Crippen LogP contribution in [0, 0.1) is 5.92 Å². The van der Waals surface area contributed by atoms with Crippen LogP contribution < -0.4 is 10.6 Å². The summed E-state index contributed by atoms with van der Waals surface area (Å²) in [5.74, 6) is 1.50. The predicted octanol–water partition coefficient (Wildman–Crippen LogP) is 2.12. The minimum atomic E-state index is -0.0942. The first-order valence-corrected chi connectivity index (χ1v) is 6.84. The van der Waals surface area contributed by atoms with Crippen LogP contribution in [-0.2, 0) is 0 Å². The van der Waals surface area contributed by atoms with Crippen LogP contribution in [-0.4, -0.2) is 36.3 Å². The quantitative estimate of drug-likeness (QED) is 0.404. The van der Waals surface area contributed by atoms with E-state index >= 15 is 0 Å². The summed E-state index contributed by atoms with van der Waals surface area (Å²) in [4.78, 5) is 4.56. The summed E-state index contributed by atoms with van der Waals surface area (Å²) in [6, 6.07) is 0.461. The normalized spacial score (nSPS) is 24.6. The molecule has 0 aromatic heterocycles. The Kier molecular flexibility index (Phi) is 9.81. The molecule has 108 valence electrons. The second-order valence-electron chi connectivity index (χ2n) is 5.26. The van der Waals surface area contributed by atoms with E-state index in [0.717, 1.165) is 44.7 Å². The van der Waals surface area contributed by atoms with Gasteiger partial charge in [-0.2, -0.15) is 0 Å². The molecule has 0 radical (unpaired) electrons. The van der Waals surface area contributed by atoms with Gasteiger partial charge in [-0.15, -0.1) is 24.0 Å². The van der Waals surface area contributed by atoms with Gasteiger partial charge < -0.3 is 15.7 Å². The molecule has 1 aliphatic carbocycles. The third-order valence-corrected chi connectivity index (χ3v) is 3.00. The van der Waals surface area contributed by atoms with Gasteiger partial charge in [-0.25, -0.2) is 0 Å². The number of aliphatic imine (C=N–C) groups is 1. The Morgan fingerprint density at radius 2 is 1.89 bits per heavy atom. The average molecular weight is 369 g/mol. The maximum absolute atomic E-state index is 9.47. The molecule has 0 amide bonds. The molecule has 0 unspecified atom stereocenters. The van der Waals surface area contributed by atoms with Crippen molar-refractivity contribution in [1.29, 1.82) is 0 Å². The summed E-state index contributed by atoms with van der Waals surface area (Å²) < 4.78 is 0. The standard InChI is InChI=1S/C13H27N3O.HI/c1-4-14-13(15-9-10(2)3)16-11-5-7-12(17)8-6-11;/h10-12,17H,4-9H2,1-3H3,(H2,14,15,16);1H. The molecule has 1 aliphatic rings. The molecule has 1 rings (SSSR count). The highest BCUT2D eigenvalue weighted by atomic mass is 127. The molecule has 0 saturated heterocycles. The van der Waals surface area contributed by atoms with Gasteiger partial charge in [0.05, 0.1) is 6.10 Å². The minimum Gasteiger partial charge on any atom is -0.393 e. The lowest BCUT2D eigenvalue weighted by Gasteiger charge is -2.27. The number of halogens is 1. The average Bonchev–Trinajstić information content (AvgIpc) is 2.29. The molecule has 0 spiro atoms. The molecule has 0 atom stereocenters. The highest BCUT2D eigenvalue weighted by Crippen LogP contribution is 2.18. The zero-order valence-corrected chi connectivity index (χ0v) is 14.1. The van der Waals surface area contributed by atoms with E-state index in [1.54, 1.807) is 0 Å². The maximum atomic E-state index is 9.47. The summed E-state index contributed by atoms with van der Waals surface area (Å²) in [6.45, 7) is 8.16. The molecule has 0 aromatic carbocycles. The van der Waals surface area contributed by atoms with E-state index in [4.69, 9.17) is 0 Å². The van der Waals surface area contributed by atoms with Crippen LogP contribution in [0.5, 0.6) is 0 Å². The number of guanidine groups is 1. The zero-order chi connectivity index (χ0) is 12.7.